The van der Waals surface area contributed by atoms with Crippen LogP contribution in [0.25, 0.3) is 0 Å². The summed E-state index contributed by atoms with van der Waals surface area (Å²) in [5, 5.41) is 17.8. The van der Waals surface area contributed by atoms with E-state index in [0.29, 0.717) is 0 Å². The summed E-state index contributed by atoms with van der Waals surface area (Å²) in [7, 11) is 0. The summed E-state index contributed by atoms with van der Waals surface area (Å²) >= 11 is 2.95. The Morgan fingerprint density at radius 1 is 1.18 bits per heavy atom. The van der Waals surface area contributed by atoms with E-state index in [2.05, 4.69) is 36.5 Å². The van der Waals surface area contributed by atoms with Gasteiger partial charge >= 0.3 is 66.4 Å². The summed E-state index contributed by atoms with van der Waals surface area (Å²) in [6.07, 6.45) is 11.7. The van der Waals surface area contributed by atoms with E-state index in [4.69, 9.17) is 19.8 Å². The average Bonchev–Trinajstić information content (AvgIpc) is 2.09. The molecule has 0 aromatic rings. The number of allylic oxidation sites excluding steroid dienone is 4. The van der Waals surface area contributed by atoms with Crippen LogP contribution in [-0.4, -0.2) is 11.9 Å². The Bertz CT molecular complexity index is 262. The average molecular weight is 328 g/mol. The van der Waals surface area contributed by atoms with Gasteiger partial charge in [-0.15, -0.1) is 0 Å². The van der Waals surface area contributed by atoms with Crippen LogP contribution in [0.2, 0.25) is 0 Å². The Hall–Kier alpha value is -0.957. The minimum absolute atomic E-state index is 0.972. The Labute approximate surface area is 112 Å². The molecule has 0 aliphatic heterocycles. The van der Waals surface area contributed by atoms with Gasteiger partial charge in [-0.25, -0.2) is 0 Å². The van der Waals surface area contributed by atoms with Gasteiger partial charge in [0, 0.05) is 11.9 Å². The molecule has 0 radical (unpaired) electrons. The molecule has 0 aromatic carbocycles. The molecule has 0 saturated heterocycles. The molecule has 0 unspecified atom stereocenters. The van der Waals surface area contributed by atoms with Crippen molar-refractivity contribution in [2.45, 2.75) is 39.5 Å². The number of carbonyl (C=O) groups is 2. The van der Waals surface area contributed by atoms with Crippen LogP contribution in [0.5, 0.6) is 0 Å². The first-order valence-electron chi connectivity index (χ1n) is 5.20. The Morgan fingerprint density at radius 3 is 2.12 bits per heavy atom. The fourth-order valence-corrected chi connectivity index (χ4v) is 1.34. The number of carboxylic acids is 2. The maximum atomic E-state index is 8.89. The molecule has 0 fully saturated rings. The summed E-state index contributed by atoms with van der Waals surface area (Å²) in [4.78, 5) is 17.8. The van der Waals surface area contributed by atoms with Gasteiger partial charge < -0.3 is 19.8 Å². The van der Waals surface area contributed by atoms with Crippen molar-refractivity contribution in [2.75, 3.05) is 0 Å². The van der Waals surface area contributed by atoms with Gasteiger partial charge in [0.05, 0.1) is 0 Å². The monoisotopic (exact) mass is 328 g/mol. The van der Waals surface area contributed by atoms with Crippen molar-refractivity contribution < 1.29 is 38.1 Å². The predicted octanol–water partition coefficient (Wildman–Crippen LogP) is 0.0597. The molecule has 0 saturated carbocycles. The van der Waals surface area contributed by atoms with Crippen molar-refractivity contribution in [3.05, 3.63) is 22.4 Å². The van der Waals surface area contributed by atoms with E-state index in [-0.39, 0.29) is 0 Å². The van der Waals surface area contributed by atoms with Crippen LogP contribution in [0.3, 0.4) is 0 Å². The second kappa shape index (κ2) is 13.1. The molecule has 5 heteroatoms. The topological polar surface area (TPSA) is 80.3 Å². The standard InChI is InChI=1S/C8H11.2C2H4O2.Rh/c1-2-4-6-8-7-5-3-1;2*1-2(3)4;/h1-3H,4,6-8H2;2*1H3,(H,3,4);/q;;;+2/p-2/b2-1-,5-3?;;;. The zero-order valence-corrected chi connectivity index (χ0v) is 11.7. The van der Waals surface area contributed by atoms with E-state index >= 15 is 0 Å². The van der Waals surface area contributed by atoms with Crippen LogP contribution in [0.1, 0.15) is 39.5 Å². The van der Waals surface area contributed by atoms with Crippen molar-refractivity contribution in [1.29, 1.82) is 0 Å². The fourth-order valence-electron chi connectivity index (χ4n) is 0.896. The molecule has 0 N–H and O–H groups in total. The molecule has 0 heterocycles. The predicted molar refractivity (Wildman–Crippen MR) is 57.1 cm³/mol. The third kappa shape index (κ3) is 31.3. The molecular weight excluding hydrogens is 311 g/mol. The first kappa shape index (κ1) is 18.4. The molecule has 0 bridgehead atoms. The summed E-state index contributed by atoms with van der Waals surface area (Å²) in [6.45, 7) is 1.94. The molecule has 0 amide bonds. The van der Waals surface area contributed by atoms with Gasteiger partial charge in [0.25, 0.3) is 0 Å². The van der Waals surface area contributed by atoms with E-state index in [1.165, 1.54) is 29.9 Å². The SMILES string of the molecule is CC(=O)[O-].CC(=O)[O-].[Rh+2]/[C]1=C/C=C\CCCC1. The molecule has 98 valence electrons. The van der Waals surface area contributed by atoms with Crippen molar-refractivity contribution >= 4 is 11.9 Å². The number of carboxylic acid groups (broad SMARTS) is 2. The Morgan fingerprint density at radius 2 is 1.65 bits per heavy atom. The Kier molecular flexibility index (Phi) is 14.2. The van der Waals surface area contributed by atoms with Crippen LogP contribution in [0.15, 0.2) is 22.4 Å². The van der Waals surface area contributed by atoms with E-state index in [1.54, 1.807) is 0 Å². The van der Waals surface area contributed by atoms with Gasteiger partial charge in [-0.1, -0.05) is 0 Å². The molecule has 0 aromatic heterocycles. The molecule has 1 rings (SSSR count). The summed E-state index contributed by atoms with van der Waals surface area (Å²) in [6, 6.07) is 0. The van der Waals surface area contributed by atoms with Gasteiger partial charge in [0.15, 0.2) is 0 Å². The zero-order valence-electron chi connectivity index (χ0n) is 10.0. The molecule has 4 nitrogen and oxygen atoms in total. The van der Waals surface area contributed by atoms with Gasteiger partial charge in [-0.05, 0) is 13.8 Å². The molecule has 17 heavy (non-hydrogen) atoms. The maximum absolute atomic E-state index is 8.89. The second-order valence-electron chi connectivity index (χ2n) is 3.24. The van der Waals surface area contributed by atoms with Gasteiger partial charge in [-0.3, -0.25) is 0 Å². The second-order valence-corrected chi connectivity index (χ2v) is 4.29. The molecule has 0 atom stereocenters. The van der Waals surface area contributed by atoms with Crippen molar-refractivity contribution in [1.82, 2.24) is 0 Å². The fraction of sp³-hybridized carbons (Fsp3) is 0.500. The number of rotatable bonds is 0. The number of hydrogen-bond donors (Lipinski definition) is 0. The normalized spacial score (nSPS) is 18.6. The Balaban J connectivity index is 0. The molecule has 1 aliphatic rings. The first-order chi connectivity index (χ1) is 7.86. The van der Waals surface area contributed by atoms with Gasteiger partial charge in [-0.2, -0.15) is 0 Å². The van der Waals surface area contributed by atoms with E-state index in [1.807, 2.05) is 0 Å². The van der Waals surface area contributed by atoms with Crippen molar-refractivity contribution in [2.24, 2.45) is 0 Å². The van der Waals surface area contributed by atoms with Crippen molar-refractivity contribution in [3.8, 4) is 0 Å². The van der Waals surface area contributed by atoms with Crippen LogP contribution in [-0.2, 0) is 27.9 Å². The van der Waals surface area contributed by atoms with Crippen LogP contribution >= 0.6 is 0 Å². The van der Waals surface area contributed by atoms with E-state index in [0.717, 1.165) is 13.8 Å². The third-order valence-electron chi connectivity index (χ3n) is 1.43. The molecular formula is C12H17O4Rh. The number of carbonyl (C=O) groups excluding carboxylic acids is 2. The summed E-state index contributed by atoms with van der Waals surface area (Å²) in [5.74, 6) is -2.17. The number of aliphatic carboxylic acids is 2. The van der Waals surface area contributed by atoms with Crippen LogP contribution in [0, 0.1) is 0 Å². The molecule has 1 aliphatic carbocycles. The van der Waals surface area contributed by atoms with Crippen LogP contribution < -0.4 is 10.2 Å². The third-order valence-corrected chi connectivity index (χ3v) is 2.11. The van der Waals surface area contributed by atoms with E-state index in [9.17, 15) is 0 Å². The first-order valence-corrected chi connectivity index (χ1v) is 6.02. The van der Waals surface area contributed by atoms with Gasteiger partial charge in [0.1, 0.15) is 0 Å². The van der Waals surface area contributed by atoms with Crippen molar-refractivity contribution in [3.63, 3.8) is 0 Å². The van der Waals surface area contributed by atoms with Crippen LogP contribution in [0.4, 0.5) is 0 Å². The van der Waals surface area contributed by atoms with Gasteiger partial charge in [0.2, 0.25) is 0 Å². The summed E-state index contributed by atoms with van der Waals surface area (Å²) < 4.78 is 1.41. The summed E-state index contributed by atoms with van der Waals surface area (Å²) in [5.41, 5.74) is 0. The van der Waals surface area contributed by atoms with E-state index < -0.39 is 11.9 Å². The zero-order chi connectivity index (χ0) is 13.7. The number of hydrogen-bond acceptors (Lipinski definition) is 4. The quantitative estimate of drug-likeness (QED) is 0.589. The molecule has 0 spiro atoms. The minimum atomic E-state index is -1.08.